The lowest BCUT2D eigenvalue weighted by Crippen LogP contribution is -2.43. The van der Waals surface area contributed by atoms with Gasteiger partial charge in [-0.25, -0.2) is 4.98 Å². The number of nitrogens with one attached hydrogen (secondary N) is 3. The average Bonchev–Trinajstić information content (AvgIpc) is 3.55. The van der Waals surface area contributed by atoms with Gasteiger partial charge in [-0.05, 0) is 87.7 Å². The minimum Gasteiger partial charge on any atom is -0.393 e. The molecular formula is C29H36ClN7O2. The number of pyridine rings is 1. The van der Waals surface area contributed by atoms with Crippen LogP contribution < -0.4 is 10.9 Å². The molecule has 4 heterocycles. The van der Waals surface area contributed by atoms with Crippen molar-refractivity contribution in [2.75, 3.05) is 25.0 Å². The number of H-pyrrole nitrogens is 2. The third kappa shape index (κ3) is 5.62. The van der Waals surface area contributed by atoms with Crippen LogP contribution in [0.25, 0.3) is 22.4 Å². The molecule has 1 aliphatic carbocycles. The van der Waals surface area contributed by atoms with E-state index in [1.807, 2.05) is 6.07 Å². The predicted molar refractivity (Wildman–Crippen MR) is 154 cm³/mol. The number of imidazole rings is 1. The molecule has 1 aromatic carbocycles. The predicted octanol–water partition coefficient (Wildman–Crippen LogP) is 4.67. The van der Waals surface area contributed by atoms with Gasteiger partial charge in [-0.15, -0.1) is 0 Å². The first-order chi connectivity index (χ1) is 18.9. The Balaban J connectivity index is 1.19. The number of aliphatic hydroxyl groups excluding tert-OH is 1. The van der Waals surface area contributed by atoms with Crippen LogP contribution in [-0.4, -0.2) is 66.5 Å². The van der Waals surface area contributed by atoms with Gasteiger partial charge in [0, 0.05) is 25.0 Å². The van der Waals surface area contributed by atoms with Crippen LogP contribution >= 0.6 is 11.6 Å². The van der Waals surface area contributed by atoms with E-state index in [2.05, 4.69) is 44.3 Å². The minimum atomic E-state index is -0.193. The van der Waals surface area contributed by atoms with Crippen LogP contribution in [0.4, 0.5) is 5.69 Å². The highest BCUT2D eigenvalue weighted by molar-refractivity contribution is 6.30. The zero-order valence-electron chi connectivity index (χ0n) is 22.3. The molecule has 3 aromatic heterocycles. The maximum Gasteiger partial charge on any atom is 0.261 e. The minimum absolute atomic E-state index is 0.104. The Bertz CT molecular complexity index is 1490. The molecule has 9 nitrogen and oxygen atoms in total. The van der Waals surface area contributed by atoms with Gasteiger partial charge in [0.1, 0.15) is 11.4 Å². The van der Waals surface area contributed by atoms with Crippen LogP contribution in [0.3, 0.4) is 0 Å². The van der Waals surface area contributed by atoms with Crippen molar-refractivity contribution in [1.82, 2.24) is 29.6 Å². The molecule has 0 unspecified atom stereocenters. The summed E-state index contributed by atoms with van der Waals surface area (Å²) in [7, 11) is 0. The SMILES string of the molecule is Cc1cc(C2CCN(C3CCC(O)CC3)CC2)cc2[nH]c(-c3c(NCCn4cc(Cl)cn4)cc[nH]c3=O)nc12. The largest absolute Gasteiger partial charge is 0.393 e. The van der Waals surface area contributed by atoms with Crippen molar-refractivity contribution in [3.05, 3.63) is 63.3 Å². The highest BCUT2D eigenvalue weighted by atomic mass is 35.5. The number of fused-ring (bicyclic) bond motifs is 1. The van der Waals surface area contributed by atoms with Crippen LogP contribution in [0.1, 0.15) is 55.6 Å². The van der Waals surface area contributed by atoms with E-state index in [0.29, 0.717) is 41.5 Å². The van der Waals surface area contributed by atoms with Gasteiger partial charge >= 0.3 is 0 Å². The second kappa shape index (κ2) is 11.2. The number of nitrogens with zero attached hydrogens (tertiary/aromatic N) is 4. The number of rotatable bonds is 7. The molecule has 2 aliphatic rings. The molecule has 0 amide bonds. The summed E-state index contributed by atoms with van der Waals surface area (Å²) in [6.07, 6.45) is 11.3. The van der Waals surface area contributed by atoms with Crippen LogP contribution in [0, 0.1) is 6.92 Å². The maximum atomic E-state index is 12.9. The number of aryl methyl sites for hydroxylation is 1. The standard InChI is InChI=1S/C29H36ClN7O2/c1-18-14-20(19-7-11-36(12-8-19)22-2-4-23(38)5-3-22)15-25-27(18)35-28(34-25)26-24(6-9-32-29(26)39)31-10-13-37-17-21(30)16-33-37/h6,9,14-17,19,22-23,38H,2-5,7-8,10-13H2,1H3,(H,34,35)(H2,31,32,39). The number of piperidine rings is 1. The number of benzene rings is 1. The first-order valence-electron chi connectivity index (χ1n) is 14.0. The summed E-state index contributed by atoms with van der Waals surface area (Å²) in [5.41, 5.74) is 5.34. The molecule has 1 saturated carbocycles. The van der Waals surface area contributed by atoms with Gasteiger partial charge in [0.25, 0.3) is 5.56 Å². The van der Waals surface area contributed by atoms with Gasteiger partial charge in [-0.1, -0.05) is 17.7 Å². The zero-order chi connectivity index (χ0) is 26.9. The zero-order valence-corrected chi connectivity index (χ0v) is 23.0. The quantitative estimate of drug-likeness (QED) is 0.266. The summed E-state index contributed by atoms with van der Waals surface area (Å²) < 4.78 is 1.76. The second-order valence-corrected chi connectivity index (χ2v) is 11.5. The van der Waals surface area contributed by atoms with Crippen LogP contribution in [0.15, 0.2) is 41.6 Å². The number of halogens is 1. The Labute approximate surface area is 232 Å². The third-order valence-corrected chi connectivity index (χ3v) is 8.63. The molecule has 206 valence electrons. The van der Waals surface area contributed by atoms with E-state index in [1.165, 1.54) is 5.56 Å². The Morgan fingerprint density at radius 1 is 1.15 bits per heavy atom. The summed E-state index contributed by atoms with van der Waals surface area (Å²) in [5, 5.41) is 18.0. The summed E-state index contributed by atoms with van der Waals surface area (Å²) in [4.78, 5) is 26.7. The molecule has 1 saturated heterocycles. The van der Waals surface area contributed by atoms with Crippen LogP contribution in [0.2, 0.25) is 5.02 Å². The van der Waals surface area contributed by atoms with Gasteiger partial charge in [-0.3, -0.25) is 9.48 Å². The number of anilines is 1. The second-order valence-electron chi connectivity index (χ2n) is 11.0. The number of likely N-dealkylation sites (tertiary alicyclic amines) is 1. The van der Waals surface area contributed by atoms with E-state index < -0.39 is 0 Å². The lowest BCUT2D eigenvalue weighted by molar-refractivity contribution is 0.0618. The van der Waals surface area contributed by atoms with Crippen LogP contribution in [-0.2, 0) is 6.54 Å². The fraction of sp³-hybridized carbons (Fsp3) is 0.483. The van der Waals surface area contributed by atoms with Gasteiger partial charge in [0.15, 0.2) is 0 Å². The fourth-order valence-corrected chi connectivity index (χ4v) is 6.48. The highest BCUT2D eigenvalue weighted by Crippen LogP contribution is 2.35. The summed E-state index contributed by atoms with van der Waals surface area (Å²) in [5.74, 6) is 1.07. The molecule has 0 radical (unpaired) electrons. The molecule has 1 aliphatic heterocycles. The van der Waals surface area contributed by atoms with E-state index in [0.717, 1.165) is 73.9 Å². The van der Waals surface area contributed by atoms with Crippen molar-refractivity contribution in [3.63, 3.8) is 0 Å². The van der Waals surface area contributed by atoms with Gasteiger partial charge in [0.2, 0.25) is 0 Å². The smallest absolute Gasteiger partial charge is 0.261 e. The molecular weight excluding hydrogens is 514 g/mol. The molecule has 39 heavy (non-hydrogen) atoms. The molecule has 4 N–H and O–H groups in total. The lowest BCUT2D eigenvalue weighted by Gasteiger charge is -2.40. The van der Waals surface area contributed by atoms with E-state index in [9.17, 15) is 9.90 Å². The number of aliphatic hydroxyl groups is 1. The average molecular weight is 550 g/mol. The van der Waals surface area contributed by atoms with Gasteiger partial charge in [0.05, 0.1) is 40.6 Å². The molecule has 0 atom stereocenters. The lowest BCUT2D eigenvalue weighted by atomic mass is 9.85. The van der Waals surface area contributed by atoms with Crippen molar-refractivity contribution in [3.8, 4) is 11.4 Å². The van der Waals surface area contributed by atoms with E-state index in [1.54, 1.807) is 23.3 Å². The maximum absolute atomic E-state index is 12.9. The first kappa shape index (κ1) is 26.1. The molecule has 4 aromatic rings. The normalized spacial score (nSPS) is 21.0. The third-order valence-electron chi connectivity index (χ3n) is 8.44. The van der Waals surface area contributed by atoms with E-state index in [-0.39, 0.29) is 11.7 Å². The topological polar surface area (TPSA) is 115 Å². The molecule has 10 heteroatoms. The summed E-state index contributed by atoms with van der Waals surface area (Å²) in [6, 6.07) is 6.98. The highest BCUT2D eigenvalue weighted by Gasteiger charge is 2.29. The molecule has 6 rings (SSSR count). The Morgan fingerprint density at radius 3 is 2.69 bits per heavy atom. The van der Waals surface area contributed by atoms with Gasteiger partial charge < -0.3 is 25.3 Å². The van der Waals surface area contributed by atoms with Crippen molar-refractivity contribution in [2.45, 2.75) is 70.1 Å². The monoisotopic (exact) mass is 549 g/mol. The molecule has 0 spiro atoms. The summed E-state index contributed by atoms with van der Waals surface area (Å²) >= 11 is 5.97. The van der Waals surface area contributed by atoms with Gasteiger partial charge in [-0.2, -0.15) is 5.10 Å². The van der Waals surface area contributed by atoms with Crippen molar-refractivity contribution < 1.29 is 5.11 Å². The van der Waals surface area contributed by atoms with Crippen molar-refractivity contribution >= 4 is 28.3 Å². The van der Waals surface area contributed by atoms with Crippen LogP contribution in [0.5, 0.6) is 0 Å². The Kier molecular flexibility index (Phi) is 7.47. The van der Waals surface area contributed by atoms with E-state index >= 15 is 0 Å². The summed E-state index contributed by atoms with van der Waals surface area (Å²) in [6.45, 7) is 5.51. The number of aromatic amines is 2. The molecule has 0 bridgehead atoms. The van der Waals surface area contributed by atoms with E-state index in [4.69, 9.17) is 16.6 Å². The van der Waals surface area contributed by atoms with Crippen molar-refractivity contribution in [1.29, 1.82) is 0 Å². The number of aromatic nitrogens is 5. The fourth-order valence-electron chi connectivity index (χ4n) is 6.32. The Morgan fingerprint density at radius 2 is 1.95 bits per heavy atom. The first-order valence-corrected chi connectivity index (χ1v) is 14.4. The number of hydrogen-bond donors (Lipinski definition) is 4. The number of hydrogen-bond acceptors (Lipinski definition) is 6. The molecule has 2 fully saturated rings. The Hall–Kier alpha value is -3.14. The van der Waals surface area contributed by atoms with Crippen molar-refractivity contribution in [2.24, 2.45) is 0 Å².